The van der Waals surface area contributed by atoms with Gasteiger partial charge in [-0.1, -0.05) is 5.10 Å². The minimum absolute atomic E-state index is 0.305. The summed E-state index contributed by atoms with van der Waals surface area (Å²) in [6.45, 7) is 1.86. The molecule has 8 heteroatoms. The second-order valence-corrected chi connectivity index (χ2v) is 3.61. The normalized spacial score (nSPS) is 11.2. The van der Waals surface area contributed by atoms with E-state index in [1.54, 1.807) is 14.2 Å². The van der Waals surface area contributed by atoms with Gasteiger partial charge in [0.25, 0.3) is 5.95 Å². The average Bonchev–Trinajstić information content (AvgIpc) is 2.97. The van der Waals surface area contributed by atoms with Crippen LogP contribution in [0, 0.1) is 0 Å². The molecule has 0 saturated carbocycles. The Bertz CT molecular complexity index is 567. The van der Waals surface area contributed by atoms with Gasteiger partial charge in [0.1, 0.15) is 0 Å². The predicted molar refractivity (Wildman–Crippen MR) is 69.6 cm³/mol. The van der Waals surface area contributed by atoms with Crippen LogP contribution in [0.3, 0.4) is 0 Å². The number of hydrazone groups is 1. The number of hydrogen-bond acceptors (Lipinski definition) is 7. The predicted octanol–water partition coefficient (Wildman–Crippen LogP) is 1.05. The lowest BCUT2D eigenvalue weighted by molar-refractivity contribution is 0.355. The summed E-state index contributed by atoms with van der Waals surface area (Å²) >= 11 is 0. The van der Waals surface area contributed by atoms with Crippen molar-refractivity contribution in [2.24, 2.45) is 5.10 Å². The molecule has 2 aromatic rings. The maximum absolute atomic E-state index is 5.24. The highest BCUT2D eigenvalue weighted by atomic mass is 16.5. The lowest BCUT2D eigenvalue weighted by Crippen LogP contribution is -2.02. The minimum atomic E-state index is 0.305. The van der Waals surface area contributed by atoms with Crippen molar-refractivity contribution in [1.82, 2.24) is 20.6 Å². The molecular formula is C11H14N6O2. The van der Waals surface area contributed by atoms with Gasteiger partial charge in [-0.2, -0.15) is 10.3 Å². The standard InChI is InChI=1S/C11H14N6O2/c1-7(12-13-11-14-16-17-15-11)8-4-5-9(18-2)10(6-8)19-3/h4-6H,1-3H3,(H2,13,14,15,16,17). The molecule has 0 atom stereocenters. The zero-order chi connectivity index (χ0) is 13.7. The topological polar surface area (TPSA) is 97.3 Å². The quantitative estimate of drug-likeness (QED) is 0.617. The van der Waals surface area contributed by atoms with Crippen molar-refractivity contribution in [3.8, 4) is 11.5 Å². The molecule has 0 aliphatic rings. The molecule has 8 nitrogen and oxygen atoms in total. The second-order valence-electron chi connectivity index (χ2n) is 3.61. The summed E-state index contributed by atoms with van der Waals surface area (Å²) in [5.74, 6) is 1.62. The molecule has 100 valence electrons. The van der Waals surface area contributed by atoms with Gasteiger partial charge < -0.3 is 9.47 Å². The number of methoxy groups -OCH3 is 2. The third-order valence-electron chi connectivity index (χ3n) is 2.47. The Morgan fingerprint density at radius 3 is 2.68 bits per heavy atom. The number of tetrazole rings is 1. The van der Waals surface area contributed by atoms with Crippen LogP contribution < -0.4 is 14.9 Å². The number of aromatic amines is 1. The zero-order valence-corrected chi connectivity index (χ0v) is 10.8. The highest BCUT2D eigenvalue weighted by Crippen LogP contribution is 2.27. The molecule has 2 rings (SSSR count). The summed E-state index contributed by atoms with van der Waals surface area (Å²) in [5, 5.41) is 17.4. The molecule has 0 amide bonds. The van der Waals surface area contributed by atoms with Crippen LogP contribution in [0.15, 0.2) is 23.3 Å². The fourth-order valence-electron chi connectivity index (χ4n) is 1.47. The van der Waals surface area contributed by atoms with Crippen molar-refractivity contribution in [3.63, 3.8) is 0 Å². The van der Waals surface area contributed by atoms with Gasteiger partial charge in [0.2, 0.25) is 0 Å². The first kappa shape index (κ1) is 12.8. The van der Waals surface area contributed by atoms with Crippen molar-refractivity contribution in [1.29, 1.82) is 0 Å². The molecule has 0 saturated heterocycles. The van der Waals surface area contributed by atoms with Gasteiger partial charge >= 0.3 is 0 Å². The number of nitrogens with zero attached hydrogens (tertiary/aromatic N) is 4. The third-order valence-corrected chi connectivity index (χ3v) is 2.47. The van der Waals surface area contributed by atoms with Gasteiger partial charge in [-0.05, 0) is 30.3 Å². The Morgan fingerprint density at radius 1 is 1.26 bits per heavy atom. The van der Waals surface area contributed by atoms with E-state index in [0.717, 1.165) is 11.3 Å². The summed E-state index contributed by atoms with van der Waals surface area (Å²) in [6.07, 6.45) is 0. The van der Waals surface area contributed by atoms with Gasteiger partial charge in [-0.3, -0.25) is 0 Å². The van der Waals surface area contributed by atoms with Crippen LogP contribution in [0.5, 0.6) is 11.5 Å². The number of H-pyrrole nitrogens is 1. The first-order valence-electron chi connectivity index (χ1n) is 5.50. The lowest BCUT2D eigenvalue weighted by atomic mass is 10.1. The van der Waals surface area contributed by atoms with Crippen LogP contribution in [0.2, 0.25) is 0 Å². The molecule has 0 spiro atoms. The molecule has 0 aliphatic carbocycles. The number of benzene rings is 1. The minimum Gasteiger partial charge on any atom is -0.493 e. The Kier molecular flexibility index (Phi) is 3.91. The largest absolute Gasteiger partial charge is 0.493 e. The molecule has 1 aromatic carbocycles. The van der Waals surface area contributed by atoms with E-state index in [1.807, 2.05) is 25.1 Å². The van der Waals surface area contributed by atoms with Gasteiger partial charge in [0, 0.05) is 5.56 Å². The molecule has 0 aliphatic heterocycles. The summed E-state index contributed by atoms with van der Waals surface area (Å²) in [6, 6.07) is 5.55. The molecule has 0 radical (unpaired) electrons. The van der Waals surface area contributed by atoms with Crippen molar-refractivity contribution in [3.05, 3.63) is 23.8 Å². The number of anilines is 1. The molecule has 1 aromatic heterocycles. The van der Waals surface area contributed by atoms with Crippen LogP contribution >= 0.6 is 0 Å². The van der Waals surface area contributed by atoms with E-state index >= 15 is 0 Å². The Balaban J connectivity index is 2.18. The summed E-state index contributed by atoms with van der Waals surface area (Å²) in [5.41, 5.74) is 4.34. The molecule has 19 heavy (non-hydrogen) atoms. The van der Waals surface area contributed by atoms with Crippen LogP contribution in [-0.4, -0.2) is 40.6 Å². The van der Waals surface area contributed by atoms with E-state index < -0.39 is 0 Å². The fraction of sp³-hybridized carbons (Fsp3) is 0.273. The van der Waals surface area contributed by atoms with E-state index in [2.05, 4.69) is 31.2 Å². The number of hydrogen-bond donors (Lipinski definition) is 2. The molecular weight excluding hydrogens is 248 g/mol. The van der Waals surface area contributed by atoms with Gasteiger partial charge in [-0.15, -0.1) is 5.10 Å². The van der Waals surface area contributed by atoms with Crippen molar-refractivity contribution >= 4 is 11.7 Å². The van der Waals surface area contributed by atoms with Gasteiger partial charge in [-0.25, -0.2) is 5.43 Å². The van der Waals surface area contributed by atoms with Crippen LogP contribution in [0.4, 0.5) is 5.95 Å². The second kappa shape index (κ2) is 5.80. The summed E-state index contributed by atoms with van der Waals surface area (Å²) < 4.78 is 10.4. The number of nitrogens with one attached hydrogen (secondary N) is 2. The molecule has 0 fully saturated rings. The van der Waals surface area contributed by atoms with Crippen LogP contribution in [0.1, 0.15) is 12.5 Å². The summed E-state index contributed by atoms with van der Waals surface area (Å²) in [7, 11) is 3.18. The van der Waals surface area contributed by atoms with Crippen molar-refractivity contribution in [2.45, 2.75) is 6.92 Å². The van der Waals surface area contributed by atoms with E-state index in [-0.39, 0.29) is 0 Å². The van der Waals surface area contributed by atoms with E-state index in [0.29, 0.717) is 17.4 Å². The van der Waals surface area contributed by atoms with E-state index in [9.17, 15) is 0 Å². The monoisotopic (exact) mass is 262 g/mol. The summed E-state index contributed by atoms with van der Waals surface area (Å²) in [4.78, 5) is 0. The van der Waals surface area contributed by atoms with Crippen LogP contribution in [-0.2, 0) is 0 Å². The maximum atomic E-state index is 5.24. The van der Waals surface area contributed by atoms with E-state index in [1.165, 1.54) is 0 Å². The molecule has 2 N–H and O–H groups in total. The SMILES string of the molecule is COc1ccc(C(C)=NNc2nn[nH]n2)cc1OC. The first-order chi connectivity index (χ1) is 9.24. The number of aromatic nitrogens is 4. The number of rotatable bonds is 5. The fourth-order valence-corrected chi connectivity index (χ4v) is 1.47. The van der Waals surface area contributed by atoms with Gasteiger partial charge in [0.15, 0.2) is 11.5 Å². The molecule has 0 bridgehead atoms. The Labute approximate surface area is 109 Å². The van der Waals surface area contributed by atoms with E-state index in [4.69, 9.17) is 9.47 Å². The van der Waals surface area contributed by atoms with Crippen molar-refractivity contribution < 1.29 is 9.47 Å². The smallest absolute Gasteiger partial charge is 0.283 e. The first-order valence-corrected chi connectivity index (χ1v) is 5.50. The maximum Gasteiger partial charge on any atom is 0.283 e. The molecule has 1 heterocycles. The highest BCUT2D eigenvalue weighted by Gasteiger charge is 2.06. The highest BCUT2D eigenvalue weighted by molar-refractivity contribution is 5.99. The Hall–Kier alpha value is -2.64. The average molecular weight is 262 g/mol. The van der Waals surface area contributed by atoms with Gasteiger partial charge in [0.05, 0.1) is 19.9 Å². The molecule has 0 unspecified atom stereocenters. The zero-order valence-electron chi connectivity index (χ0n) is 10.8. The Morgan fingerprint density at radius 2 is 2.05 bits per heavy atom. The third kappa shape index (κ3) is 2.97. The van der Waals surface area contributed by atoms with Crippen LogP contribution in [0.25, 0.3) is 0 Å². The van der Waals surface area contributed by atoms with Crippen molar-refractivity contribution in [2.75, 3.05) is 19.6 Å². The lowest BCUT2D eigenvalue weighted by Gasteiger charge is -2.09. The number of ether oxygens (including phenoxy) is 2.